The Morgan fingerprint density at radius 3 is 1.55 bits per heavy atom. The lowest BCUT2D eigenvalue weighted by Gasteiger charge is -2.15. The van der Waals surface area contributed by atoms with Crippen molar-refractivity contribution in [2.45, 2.75) is 45.8 Å². The number of hydrogen-bond acceptors (Lipinski definition) is 11. The number of benzene rings is 3. The maximum atomic E-state index is 11.5. The molecule has 3 aromatic rings. The van der Waals surface area contributed by atoms with E-state index >= 15 is 0 Å². The van der Waals surface area contributed by atoms with E-state index in [4.69, 9.17) is 28.4 Å². The predicted octanol–water partition coefficient (Wildman–Crippen LogP) is 7.29. The van der Waals surface area contributed by atoms with Crippen molar-refractivity contribution >= 4 is 30.1 Å². The molecular formula is C40H46O11. The normalized spacial score (nSPS) is 10.8. The van der Waals surface area contributed by atoms with E-state index in [0.717, 1.165) is 47.9 Å². The van der Waals surface area contributed by atoms with Crippen LogP contribution in [0.4, 0.5) is 0 Å². The lowest BCUT2D eigenvalue weighted by Crippen LogP contribution is -2.06. The van der Waals surface area contributed by atoms with Gasteiger partial charge in [0.2, 0.25) is 0 Å². The summed E-state index contributed by atoms with van der Waals surface area (Å²) in [6.07, 6.45) is 9.33. The van der Waals surface area contributed by atoms with Gasteiger partial charge in [0.1, 0.15) is 19.0 Å². The summed E-state index contributed by atoms with van der Waals surface area (Å²) >= 11 is 0. The summed E-state index contributed by atoms with van der Waals surface area (Å²) in [6, 6.07) is 16.5. The number of methoxy groups -OCH3 is 4. The largest absolute Gasteiger partial charge is 0.494 e. The third-order valence-electron chi connectivity index (χ3n) is 7.31. The molecule has 0 radical (unpaired) electrons. The topological polar surface area (TPSA) is 125 Å². The van der Waals surface area contributed by atoms with Crippen LogP contribution in [0.25, 0.3) is 12.2 Å². The summed E-state index contributed by atoms with van der Waals surface area (Å²) in [5.41, 5.74) is 3.57. The smallest absolute Gasteiger partial charge is 0.333 e. The molecule has 0 bridgehead atoms. The van der Waals surface area contributed by atoms with Crippen molar-refractivity contribution in [3.63, 3.8) is 0 Å². The van der Waals surface area contributed by atoms with Crippen molar-refractivity contribution in [2.75, 3.05) is 41.7 Å². The highest BCUT2D eigenvalue weighted by Gasteiger charge is 2.11. The molecule has 3 rings (SSSR count). The first kappa shape index (κ1) is 39.7. The van der Waals surface area contributed by atoms with Gasteiger partial charge in [-0.2, -0.15) is 0 Å². The van der Waals surface area contributed by atoms with Crippen LogP contribution in [0.3, 0.4) is 0 Å². The molecule has 0 N–H and O–H groups in total. The Morgan fingerprint density at radius 1 is 0.608 bits per heavy atom. The SMILES string of the molecule is C=C(C)C(=O)OCCCCCCOc1cc(COc2ccc(/C=C/C(=O)OC)cc2OC)cc(COc2ccc(/C=C/C(=O)OC)cc2OC)c1. The van der Waals surface area contributed by atoms with Gasteiger partial charge in [-0.25, -0.2) is 14.4 Å². The van der Waals surface area contributed by atoms with Crippen LogP contribution in [0.5, 0.6) is 28.7 Å². The summed E-state index contributed by atoms with van der Waals surface area (Å²) in [5.74, 6) is 1.44. The van der Waals surface area contributed by atoms with E-state index < -0.39 is 11.9 Å². The Bertz CT molecular complexity index is 1590. The van der Waals surface area contributed by atoms with E-state index in [0.29, 0.717) is 47.5 Å². The Kier molecular flexibility index (Phi) is 16.7. The van der Waals surface area contributed by atoms with E-state index in [-0.39, 0.29) is 19.2 Å². The van der Waals surface area contributed by atoms with E-state index in [9.17, 15) is 14.4 Å². The van der Waals surface area contributed by atoms with Crippen LogP contribution in [0.15, 0.2) is 78.9 Å². The van der Waals surface area contributed by atoms with Crippen LogP contribution in [0.2, 0.25) is 0 Å². The number of hydrogen-bond donors (Lipinski definition) is 0. The Labute approximate surface area is 299 Å². The zero-order chi connectivity index (χ0) is 37.0. The molecule has 0 atom stereocenters. The van der Waals surface area contributed by atoms with Gasteiger partial charge < -0.3 is 37.9 Å². The van der Waals surface area contributed by atoms with Gasteiger partial charge in [0.05, 0.1) is 41.7 Å². The number of esters is 3. The quantitative estimate of drug-likeness (QED) is 0.0481. The van der Waals surface area contributed by atoms with Crippen molar-refractivity contribution in [3.8, 4) is 28.7 Å². The lowest BCUT2D eigenvalue weighted by atomic mass is 10.1. The van der Waals surface area contributed by atoms with Gasteiger partial charge in [-0.1, -0.05) is 18.7 Å². The van der Waals surface area contributed by atoms with Crippen molar-refractivity contribution in [1.82, 2.24) is 0 Å². The molecule has 0 saturated heterocycles. The van der Waals surface area contributed by atoms with Crippen LogP contribution >= 0.6 is 0 Å². The summed E-state index contributed by atoms with van der Waals surface area (Å²) in [7, 11) is 5.73. The Balaban J connectivity index is 1.71. The molecule has 0 heterocycles. The fraction of sp³-hybridized carbons (Fsp3) is 0.325. The summed E-state index contributed by atoms with van der Waals surface area (Å²) in [5, 5.41) is 0. The van der Waals surface area contributed by atoms with Gasteiger partial charge in [-0.3, -0.25) is 0 Å². The number of carbonyl (C=O) groups is 3. The van der Waals surface area contributed by atoms with Crippen LogP contribution in [0, 0.1) is 0 Å². The third-order valence-corrected chi connectivity index (χ3v) is 7.31. The number of unbranched alkanes of at least 4 members (excludes halogenated alkanes) is 3. The second-order valence-electron chi connectivity index (χ2n) is 11.3. The van der Waals surface area contributed by atoms with E-state index in [1.807, 2.05) is 30.3 Å². The van der Waals surface area contributed by atoms with E-state index in [1.165, 1.54) is 26.4 Å². The van der Waals surface area contributed by atoms with Crippen LogP contribution in [-0.2, 0) is 41.8 Å². The zero-order valence-electron chi connectivity index (χ0n) is 29.9. The second kappa shape index (κ2) is 21.4. The molecule has 0 unspecified atom stereocenters. The molecular weight excluding hydrogens is 656 g/mol. The van der Waals surface area contributed by atoms with E-state index in [2.05, 4.69) is 16.1 Å². The summed E-state index contributed by atoms with van der Waals surface area (Å²) in [6.45, 7) is 6.51. The third kappa shape index (κ3) is 14.0. The monoisotopic (exact) mass is 702 g/mol. The molecule has 0 amide bonds. The molecule has 0 spiro atoms. The molecule has 11 heteroatoms. The van der Waals surface area contributed by atoms with Crippen molar-refractivity contribution < 1.29 is 52.3 Å². The van der Waals surface area contributed by atoms with Gasteiger partial charge in [-0.15, -0.1) is 0 Å². The number of ether oxygens (including phenoxy) is 8. The van der Waals surface area contributed by atoms with Crippen LogP contribution in [0.1, 0.15) is 54.9 Å². The molecule has 0 fully saturated rings. The van der Waals surface area contributed by atoms with Gasteiger partial charge >= 0.3 is 17.9 Å². The molecule has 0 aliphatic carbocycles. The highest BCUT2D eigenvalue weighted by Crippen LogP contribution is 2.32. The van der Waals surface area contributed by atoms with Crippen LogP contribution < -0.4 is 23.7 Å². The van der Waals surface area contributed by atoms with Crippen molar-refractivity contribution in [1.29, 1.82) is 0 Å². The first-order valence-corrected chi connectivity index (χ1v) is 16.4. The molecule has 0 aliphatic rings. The predicted molar refractivity (Wildman–Crippen MR) is 193 cm³/mol. The number of carbonyl (C=O) groups excluding carboxylic acids is 3. The Hall–Kier alpha value is -5.71. The minimum absolute atomic E-state index is 0.214. The molecule has 0 aromatic heterocycles. The second-order valence-corrected chi connectivity index (χ2v) is 11.3. The van der Waals surface area contributed by atoms with Crippen molar-refractivity contribution in [3.05, 3.63) is 101 Å². The minimum Gasteiger partial charge on any atom is -0.494 e. The fourth-order valence-electron chi connectivity index (χ4n) is 4.62. The Morgan fingerprint density at radius 2 is 1.10 bits per heavy atom. The molecule has 0 aliphatic heterocycles. The molecule has 11 nitrogen and oxygen atoms in total. The molecule has 3 aromatic carbocycles. The molecule has 0 saturated carbocycles. The highest BCUT2D eigenvalue weighted by atomic mass is 16.5. The van der Waals surface area contributed by atoms with Crippen LogP contribution in [-0.4, -0.2) is 59.6 Å². The summed E-state index contributed by atoms with van der Waals surface area (Å²) in [4.78, 5) is 34.5. The zero-order valence-corrected chi connectivity index (χ0v) is 29.9. The molecule has 51 heavy (non-hydrogen) atoms. The first-order valence-electron chi connectivity index (χ1n) is 16.4. The van der Waals surface area contributed by atoms with Crippen molar-refractivity contribution in [2.24, 2.45) is 0 Å². The molecule has 272 valence electrons. The van der Waals surface area contributed by atoms with E-state index in [1.54, 1.807) is 57.6 Å². The number of rotatable bonds is 21. The minimum atomic E-state index is -0.457. The first-order chi connectivity index (χ1) is 24.6. The van der Waals surface area contributed by atoms with Gasteiger partial charge in [0.25, 0.3) is 0 Å². The van der Waals surface area contributed by atoms with Gasteiger partial charge in [-0.05, 0) is 109 Å². The fourth-order valence-corrected chi connectivity index (χ4v) is 4.62. The maximum Gasteiger partial charge on any atom is 0.333 e. The van der Waals surface area contributed by atoms with Gasteiger partial charge in [0, 0.05) is 17.7 Å². The highest BCUT2D eigenvalue weighted by molar-refractivity contribution is 5.88. The average molecular weight is 703 g/mol. The van der Waals surface area contributed by atoms with Gasteiger partial charge in [0.15, 0.2) is 23.0 Å². The lowest BCUT2D eigenvalue weighted by molar-refractivity contribution is -0.139. The summed E-state index contributed by atoms with van der Waals surface area (Å²) < 4.78 is 44.0. The standard InChI is InChI=1S/C40H46O11/c1-28(2)40(43)49-20-10-8-7-9-19-48-33-22-31(26-50-34-15-11-29(24-36(34)44-3)13-17-38(41)46-5)21-32(23-33)27-51-35-16-12-30(25-37(35)45-4)14-18-39(42)47-6/h11-18,21-25H,1,7-10,19-20,26-27H2,2-6H3/b17-13+,18-14+. The maximum absolute atomic E-state index is 11.5. The average Bonchev–Trinajstić information content (AvgIpc) is 3.15.